The van der Waals surface area contributed by atoms with Crippen molar-refractivity contribution >= 4 is 35.1 Å². The zero-order valence-corrected chi connectivity index (χ0v) is 16.1. The van der Waals surface area contributed by atoms with Crippen LogP contribution in [0.15, 0.2) is 42.5 Å². The lowest BCUT2D eigenvalue weighted by molar-refractivity contribution is -0.140. The SMILES string of the molecule is O=C(O)[C@@H]1c2ccccc2C(=O)N(C2CCCC2)[C@H]1c1ccc(Cl)cc1Cl. The number of carbonyl (C=O) groups excluding carboxylic acids is 1. The Bertz CT molecular complexity index is 908. The van der Waals surface area contributed by atoms with Gasteiger partial charge in [-0.2, -0.15) is 0 Å². The van der Waals surface area contributed by atoms with Crippen LogP contribution in [0.25, 0.3) is 0 Å². The lowest BCUT2D eigenvalue weighted by atomic mass is 9.79. The van der Waals surface area contributed by atoms with Gasteiger partial charge in [-0.05, 0) is 42.2 Å². The molecule has 0 spiro atoms. The van der Waals surface area contributed by atoms with Gasteiger partial charge in [0.05, 0.1) is 6.04 Å². The molecule has 4 rings (SSSR count). The fraction of sp³-hybridized carbons (Fsp3) is 0.333. The highest BCUT2D eigenvalue weighted by atomic mass is 35.5. The van der Waals surface area contributed by atoms with Gasteiger partial charge in [-0.25, -0.2) is 0 Å². The predicted molar refractivity (Wildman–Crippen MR) is 104 cm³/mol. The molecule has 1 aliphatic carbocycles. The summed E-state index contributed by atoms with van der Waals surface area (Å²) in [6, 6.07) is 11.4. The van der Waals surface area contributed by atoms with Crippen LogP contribution >= 0.6 is 23.2 Å². The monoisotopic (exact) mass is 403 g/mol. The molecule has 0 saturated heterocycles. The van der Waals surface area contributed by atoms with Crippen molar-refractivity contribution in [3.05, 3.63) is 69.2 Å². The summed E-state index contributed by atoms with van der Waals surface area (Å²) in [7, 11) is 0. The van der Waals surface area contributed by atoms with Crippen LogP contribution in [0.2, 0.25) is 10.0 Å². The molecule has 0 unspecified atom stereocenters. The fourth-order valence-electron chi connectivity index (χ4n) is 4.47. The molecule has 1 amide bonds. The van der Waals surface area contributed by atoms with E-state index < -0.39 is 17.9 Å². The Morgan fingerprint density at radius 3 is 2.41 bits per heavy atom. The molecule has 1 heterocycles. The van der Waals surface area contributed by atoms with Gasteiger partial charge in [0.2, 0.25) is 0 Å². The molecule has 1 N–H and O–H groups in total. The van der Waals surface area contributed by atoms with Gasteiger partial charge in [0, 0.05) is 21.7 Å². The molecule has 6 heteroatoms. The largest absolute Gasteiger partial charge is 0.481 e. The second kappa shape index (κ2) is 7.17. The van der Waals surface area contributed by atoms with E-state index in [9.17, 15) is 14.7 Å². The van der Waals surface area contributed by atoms with Gasteiger partial charge in [0.25, 0.3) is 5.91 Å². The second-order valence-electron chi connectivity index (χ2n) is 7.16. The van der Waals surface area contributed by atoms with E-state index in [1.807, 2.05) is 0 Å². The Labute approximate surface area is 167 Å². The Kier molecular flexibility index (Phi) is 4.87. The van der Waals surface area contributed by atoms with Crippen molar-refractivity contribution in [3.63, 3.8) is 0 Å². The number of carbonyl (C=O) groups is 2. The molecule has 0 aromatic heterocycles. The first-order valence-corrected chi connectivity index (χ1v) is 9.84. The van der Waals surface area contributed by atoms with Crippen LogP contribution in [0.3, 0.4) is 0 Å². The highest BCUT2D eigenvalue weighted by Crippen LogP contribution is 2.47. The third kappa shape index (κ3) is 3.11. The van der Waals surface area contributed by atoms with E-state index in [-0.39, 0.29) is 11.9 Å². The molecule has 1 saturated carbocycles. The van der Waals surface area contributed by atoms with Crippen LogP contribution in [0.5, 0.6) is 0 Å². The number of hydrogen-bond donors (Lipinski definition) is 1. The molecule has 2 aliphatic rings. The highest BCUT2D eigenvalue weighted by molar-refractivity contribution is 6.35. The van der Waals surface area contributed by atoms with Gasteiger partial charge in [-0.3, -0.25) is 9.59 Å². The minimum absolute atomic E-state index is 0.0180. The zero-order chi connectivity index (χ0) is 19.1. The normalized spacial score (nSPS) is 22.7. The van der Waals surface area contributed by atoms with Gasteiger partial charge in [-0.15, -0.1) is 0 Å². The lowest BCUT2D eigenvalue weighted by Crippen LogP contribution is -2.49. The molecule has 1 fully saturated rings. The van der Waals surface area contributed by atoms with E-state index in [0.29, 0.717) is 26.7 Å². The third-order valence-corrected chi connectivity index (χ3v) is 6.20. The van der Waals surface area contributed by atoms with Crippen molar-refractivity contribution in [1.82, 2.24) is 4.90 Å². The van der Waals surface area contributed by atoms with E-state index in [4.69, 9.17) is 23.2 Å². The number of amides is 1. The molecule has 0 radical (unpaired) electrons. The predicted octanol–water partition coefficient (Wildman–Crippen LogP) is 5.30. The van der Waals surface area contributed by atoms with Gasteiger partial charge < -0.3 is 10.0 Å². The van der Waals surface area contributed by atoms with Crippen molar-refractivity contribution in [2.24, 2.45) is 0 Å². The summed E-state index contributed by atoms with van der Waals surface area (Å²) in [6.07, 6.45) is 3.83. The first-order chi connectivity index (χ1) is 13.0. The molecule has 140 valence electrons. The topological polar surface area (TPSA) is 57.6 Å². The van der Waals surface area contributed by atoms with Crippen LogP contribution in [-0.4, -0.2) is 27.9 Å². The molecule has 0 bridgehead atoms. The van der Waals surface area contributed by atoms with E-state index in [2.05, 4.69) is 0 Å². The third-order valence-electron chi connectivity index (χ3n) is 5.64. The summed E-state index contributed by atoms with van der Waals surface area (Å²) in [5, 5.41) is 11.0. The molecular formula is C21H19Cl2NO3. The van der Waals surface area contributed by atoms with Crippen LogP contribution < -0.4 is 0 Å². The van der Waals surface area contributed by atoms with E-state index >= 15 is 0 Å². The van der Waals surface area contributed by atoms with Crippen molar-refractivity contribution in [3.8, 4) is 0 Å². The number of carboxylic acids is 1. The van der Waals surface area contributed by atoms with Gasteiger partial charge in [0.1, 0.15) is 5.92 Å². The first-order valence-electron chi connectivity index (χ1n) is 9.08. The van der Waals surface area contributed by atoms with Crippen LogP contribution in [0, 0.1) is 0 Å². The average molecular weight is 404 g/mol. The summed E-state index contributed by atoms with van der Waals surface area (Å²) in [5.41, 5.74) is 1.64. The van der Waals surface area contributed by atoms with E-state index in [1.54, 1.807) is 47.4 Å². The van der Waals surface area contributed by atoms with Crippen LogP contribution in [-0.2, 0) is 4.79 Å². The summed E-state index contributed by atoms with van der Waals surface area (Å²) in [5.74, 6) is -1.96. The zero-order valence-electron chi connectivity index (χ0n) is 14.6. The van der Waals surface area contributed by atoms with Crippen molar-refractivity contribution in [1.29, 1.82) is 0 Å². The number of benzene rings is 2. The maximum atomic E-state index is 13.4. The molecule has 2 atom stereocenters. The maximum absolute atomic E-state index is 13.4. The minimum atomic E-state index is -0.964. The van der Waals surface area contributed by atoms with Gasteiger partial charge in [0.15, 0.2) is 0 Å². The second-order valence-corrected chi connectivity index (χ2v) is 8.01. The molecule has 1 aliphatic heterocycles. The van der Waals surface area contributed by atoms with Crippen molar-refractivity contribution < 1.29 is 14.7 Å². The lowest BCUT2D eigenvalue weighted by Gasteiger charge is -2.44. The summed E-state index contributed by atoms with van der Waals surface area (Å²) in [6.45, 7) is 0. The summed E-state index contributed by atoms with van der Waals surface area (Å²) < 4.78 is 0. The van der Waals surface area contributed by atoms with Crippen LogP contribution in [0.1, 0.15) is 59.1 Å². The summed E-state index contributed by atoms with van der Waals surface area (Å²) >= 11 is 12.5. The smallest absolute Gasteiger partial charge is 0.313 e. The number of nitrogens with zero attached hydrogens (tertiary/aromatic N) is 1. The molecule has 2 aromatic rings. The standard InChI is InChI=1S/C21H19Cl2NO3/c22-12-9-10-16(17(23)11-12)19-18(21(26)27)14-7-3-4-8-15(14)20(25)24(19)13-5-1-2-6-13/h3-4,7-11,13,18-19H,1-2,5-6H2,(H,26,27)/t18-,19+/m1/s1. The van der Waals surface area contributed by atoms with Crippen molar-refractivity contribution in [2.75, 3.05) is 0 Å². The van der Waals surface area contributed by atoms with Crippen molar-refractivity contribution in [2.45, 2.75) is 43.7 Å². The average Bonchev–Trinajstić information content (AvgIpc) is 3.15. The number of aliphatic carboxylic acids is 1. The number of hydrogen-bond acceptors (Lipinski definition) is 2. The number of fused-ring (bicyclic) bond motifs is 1. The Hall–Kier alpha value is -2.04. The van der Waals surface area contributed by atoms with E-state index in [0.717, 1.165) is 25.7 Å². The number of halogens is 2. The molecule has 27 heavy (non-hydrogen) atoms. The highest BCUT2D eigenvalue weighted by Gasteiger charge is 2.47. The van der Waals surface area contributed by atoms with Gasteiger partial charge in [-0.1, -0.05) is 60.3 Å². The number of rotatable bonds is 3. The van der Waals surface area contributed by atoms with Gasteiger partial charge >= 0.3 is 5.97 Å². The summed E-state index contributed by atoms with van der Waals surface area (Å²) in [4.78, 5) is 27.5. The fourth-order valence-corrected chi connectivity index (χ4v) is 4.99. The molecule has 2 aromatic carbocycles. The van der Waals surface area contributed by atoms with E-state index in [1.165, 1.54) is 0 Å². The Balaban J connectivity index is 1.94. The minimum Gasteiger partial charge on any atom is -0.481 e. The maximum Gasteiger partial charge on any atom is 0.313 e. The molecular weight excluding hydrogens is 385 g/mol. The quantitative estimate of drug-likeness (QED) is 0.755. The first kappa shape index (κ1) is 18.3. The number of carboxylic acid groups (broad SMARTS) is 1. The van der Waals surface area contributed by atoms with Crippen LogP contribution in [0.4, 0.5) is 0 Å². The molecule has 4 nitrogen and oxygen atoms in total. The Morgan fingerprint density at radius 2 is 1.74 bits per heavy atom. The Morgan fingerprint density at radius 1 is 1.04 bits per heavy atom.